The van der Waals surface area contributed by atoms with Gasteiger partial charge in [0.15, 0.2) is 0 Å². The van der Waals surface area contributed by atoms with Crippen LogP contribution >= 0.6 is 0 Å². The predicted molar refractivity (Wildman–Crippen MR) is 79.9 cm³/mol. The minimum atomic E-state index is 0.642. The first-order chi connectivity index (χ1) is 9.90. The first-order valence-electron chi connectivity index (χ1n) is 7.38. The number of hydrogen-bond donors (Lipinski definition) is 0. The molecule has 20 heavy (non-hydrogen) atoms. The zero-order valence-electron chi connectivity index (χ0n) is 11.5. The molecule has 2 aliphatic heterocycles. The molecule has 2 aliphatic rings. The molecule has 0 aliphatic carbocycles. The molecule has 0 radical (unpaired) electrons. The minimum absolute atomic E-state index is 0.642. The summed E-state index contributed by atoms with van der Waals surface area (Å²) < 4.78 is 5.91. The SMILES string of the molecule is c1ccc(CN2C[C@H]3COc4ccccc4[C@H]3C2)cc1. The lowest BCUT2D eigenvalue weighted by Gasteiger charge is -2.27. The standard InChI is InChI=1S/C18H19NO/c1-2-6-14(7-3-1)10-19-11-15-13-20-18-9-5-4-8-16(18)17(15)12-19/h1-9,15,17H,10-13H2/t15-,17-/m0/s1. The summed E-state index contributed by atoms with van der Waals surface area (Å²) in [5, 5.41) is 0. The van der Waals surface area contributed by atoms with Gasteiger partial charge in [-0.2, -0.15) is 0 Å². The molecule has 0 aromatic heterocycles. The largest absolute Gasteiger partial charge is 0.493 e. The van der Waals surface area contributed by atoms with Crippen LogP contribution in [-0.2, 0) is 6.54 Å². The molecular weight excluding hydrogens is 246 g/mol. The molecule has 2 atom stereocenters. The topological polar surface area (TPSA) is 12.5 Å². The Kier molecular flexibility index (Phi) is 2.96. The molecule has 2 nitrogen and oxygen atoms in total. The molecule has 0 spiro atoms. The van der Waals surface area contributed by atoms with E-state index < -0.39 is 0 Å². The third kappa shape index (κ3) is 2.10. The van der Waals surface area contributed by atoms with Crippen molar-refractivity contribution in [3.05, 3.63) is 65.7 Å². The first-order valence-corrected chi connectivity index (χ1v) is 7.38. The fourth-order valence-electron chi connectivity index (χ4n) is 3.57. The number of benzene rings is 2. The fraction of sp³-hybridized carbons (Fsp3) is 0.333. The number of fused-ring (bicyclic) bond motifs is 3. The van der Waals surface area contributed by atoms with Crippen LogP contribution in [0.5, 0.6) is 5.75 Å². The molecule has 2 heterocycles. The monoisotopic (exact) mass is 265 g/mol. The van der Waals surface area contributed by atoms with Crippen LogP contribution in [0.15, 0.2) is 54.6 Å². The van der Waals surface area contributed by atoms with Gasteiger partial charge in [-0.3, -0.25) is 4.90 Å². The second-order valence-corrected chi connectivity index (χ2v) is 5.90. The Morgan fingerprint density at radius 2 is 1.75 bits per heavy atom. The Bertz CT molecular complexity index is 595. The summed E-state index contributed by atoms with van der Waals surface area (Å²) in [6.07, 6.45) is 0. The number of para-hydroxylation sites is 1. The Hall–Kier alpha value is -1.80. The summed E-state index contributed by atoms with van der Waals surface area (Å²) in [6.45, 7) is 4.22. The Morgan fingerprint density at radius 1 is 0.950 bits per heavy atom. The van der Waals surface area contributed by atoms with Gasteiger partial charge in [0.25, 0.3) is 0 Å². The van der Waals surface area contributed by atoms with Crippen molar-refractivity contribution >= 4 is 0 Å². The molecule has 0 saturated carbocycles. The van der Waals surface area contributed by atoms with Crippen LogP contribution in [0.1, 0.15) is 17.0 Å². The summed E-state index contributed by atoms with van der Waals surface area (Å²) in [4.78, 5) is 2.57. The van der Waals surface area contributed by atoms with Gasteiger partial charge in [0, 0.05) is 31.5 Å². The van der Waals surface area contributed by atoms with E-state index in [0.29, 0.717) is 11.8 Å². The van der Waals surface area contributed by atoms with Gasteiger partial charge in [0.05, 0.1) is 6.61 Å². The lowest BCUT2D eigenvalue weighted by molar-refractivity contribution is 0.212. The highest BCUT2D eigenvalue weighted by molar-refractivity contribution is 5.39. The highest BCUT2D eigenvalue weighted by atomic mass is 16.5. The molecular formula is C18H19NO. The van der Waals surface area contributed by atoms with Crippen molar-refractivity contribution in [1.82, 2.24) is 4.90 Å². The van der Waals surface area contributed by atoms with Gasteiger partial charge in [0.1, 0.15) is 5.75 Å². The number of rotatable bonds is 2. The molecule has 0 bridgehead atoms. The smallest absolute Gasteiger partial charge is 0.122 e. The van der Waals surface area contributed by atoms with Crippen molar-refractivity contribution in [2.45, 2.75) is 12.5 Å². The number of ether oxygens (including phenoxy) is 1. The second-order valence-electron chi connectivity index (χ2n) is 5.90. The van der Waals surface area contributed by atoms with Gasteiger partial charge in [-0.05, 0) is 17.2 Å². The summed E-state index contributed by atoms with van der Waals surface area (Å²) in [7, 11) is 0. The van der Waals surface area contributed by atoms with E-state index in [2.05, 4.69) is 59.5 Å². The lowest BCUT2D eigenvalue weighted by atomic mass is 9.87. The van der Waals surface area contributed by atoms with E-state index >= 15 is 0 Å². The summed E-state index contributed by atoms with van der Waals surface area (Å²) >= 11 is 0. The summed E-state index contributed by atoms with van der Waals surface area (Å²) in [5.41, 5.74) is 2.81. The zero-order valence-corrected chi connectivity index (χ0v) is 11.5. The van der Waals surface area contributed by atoms with Crippen molar-refractivity contribution < 1.29 is 4.74 Å². The van der Waals surface area contributed by atoms with Crippen LogP contribution in [0, 0.1) is 5.92 Å². The molecule has 0 N–H and O–H groups in total. The van der Waals surface area contributed by atoms with Crippen molar-refractivity contribution in [3.63, 3.8) is 0 Å². The Balaban J connectivity index is 1.53. The molecule has 2 heteroatoms. The van der Waals surface area contributed by atoms with Gasteiger partial charge >= 0.3 is 0 Å². The van der Waals surface area contributed by atoms with E-state index in [0.717, 1.165) is 32.0 Å². The molecule has 4 rings (SSSR count). The highest BCUT2D eigenvalue weighted by Crippen LogP contribution is 2.41. The normalized spacial score (nSPS) is 24.8. The number of likely N-dealkylation sites (tertiary alicyclic amines) is 1. The predicted octanol–water partition coefficient (Wildman–Crippen LogP) is 3.29. The van der Waals surface area contributed by atoms with E-state index in [-0.39, 0.29) is 0 Å². The summed E-state index contributed by atoms with van der Waals surface area (Å²) in [5.74, 6) is 2.38. The van der Waals surface area contributed by atoms with Gasteiger partial charge in [-0.25, -0.2) is 0 Å². The molecule has 102 valence electrons. The Morgan fingerprint density at radius 3 is 2.65 bits per heavy atom. The third-order valence-electron chi connectivity index (χ3n) is 4.54. The molecule has 0 unspecified atom stereocenters. The fourth-order valence-corrected chi connectivity index (χ4v) is 3.57. The first kappa shape index (κ1) is 12.0. The van der Waals surface area contributed by atoms with Crippen molar-refractivity contribution in [1.29, 1.82) is 0 Å². The average molecular weight is 265 g/mol. The zero-order chi connectivity index (χ0) is 13.4. The average Bonchev–Trinajstić information content (AvgIpc) is 2.91. The molecule has 2 aromatic rings. The van der Waals surface area contributed by atoms with Crippen LogP contribution in [0.3, 0.4) is 0 Å². The van der Waals surface area contributed by atoms with Crippen LogP contribution in [0.25, 0.3) is 0 Å². The van der Waals surface area contributed by atoms with E-state index in [4.69, 9.17) is 4.74 Å². The van der Waals surface area contributed by atoms with Gasteiger partial charge in [0.2, 0.25) is 0 Å². The molecule has 1 saturated heterocycles. The van der Waals surface area contributed by atoms with E-state index in [1.807, 2.05) is 0 Å². The van der Waals surface area contributed by atoms with Crippen LogP contribution in [-0.4, -0.2) is 24.6 Å². The lowest BCUT2D eigenvalue weighted by Crippen LogP contribution is -2.24. The third-order valence-corrected chi connectivity index (χ3v) is 4.54. The number of hydrogen-bond acceptors (Lipinski definition) is 2. The Labute approximate surface area is 120 Å². The van der Waals surface area contributed by atoms with Crippen molar-refractivity contribution in [2.75, 3.05) is 19.7 Å². The minimum Gasteiger partial charge on any atom is -0.493 e. The van der Waals surface area contributed by atoms with Crippen molar-refractivity contribution in [2.24, 2.45) is 5.92 Å². The van der Waals surface area contributed by atoms with E-state index in [1.165, 1.54) is 11.1 Å². The van der Waals surface area contributed by atoms with Gasteiger partial charge in [-0.1, -0.05) is 48.5 Å². The van der Waals surface area contributed by atoms with Gasteiger partial charge < -0.3 is 4.74 Å². The van der Waals surface area contributed by atoms with Crippen LogP contribution < -0.4 is 4.74 Å². The quantitative estimate of drug-likeness (QED) is 0.826. The van der Waals surface area contributed by atoms with E-state index in [1.54, 1.807) is 0 Å². The summed E-state index contributed by atoms with van der Waals surface area (Å²) in [6, 6.07) is 19.3. The van der Waals surface area contributed by atoms with E-state index in [9.17, 15) is 0 Å². The molecule has 0 amide bonds. The molecule has 1 fully saturated rings. The van der Waals surface area contributed by atoms with Crippen LogP contribution in [0.4, 0.5) is 0 Å². The maximum absolute atomic E-state index is 5.91. The second kappa shape index (κ2) is 4.95. The number of nitrogens with zero attached hydrogens (tertiary/aromatic N) is 1. The maximum Gasteiger partial charge on any atom is 0.122 e. The van der Waals surface area contributed by atoms with Crippen molar-refractivity contribution in [3.8, 4) is 5.75 Å². The molecule has 2 aromatic carbocycles. The maximum atomic E-state index is 5.91. The highest BCUT2D eigenvalue weighted by Gasteiger charge is 2.38. The van der Waals surface area contributed by atoms with Gasteiger partial charge in [-0.15, -0.1) is 0 Å². The van der Waals surface area contributed by atoms with Crippen LogP contribution in [0.2, 0.25) is 0 Å².